The van der Waals surface area contributed by atoms with Crippen molar-refractivity contribution in [2.45, 2.75) is 57.5 Å². The first-order valence-electron chi connectivity index (χ1n) is 16.1. The number of aliphatic hydroxyl groups is 1. The number of nitrogens with one attached hydrogen (secondary N) is 2. The van der Waals surface area contributed by atoms with E-state index in [-0.39, 0.29) is 54.0 Å². The van der Waals surface area contributed by atoms with E-state index in [1.807, 2.05) is 63.5 Å². The molecular formula is C36H45N5O5. The van der Waals surface area contributed by atoms with Crippen molar-refractivity contribution in [2.75, 3.05) is 39.1 Å². The first-order valence-corrected chi connectivity index (χ1v) is 16.1. The van der Waals surface area contributed by atoms with Gasteiger partial charge in [-0.3, -0.25) is 19.9 Å². The fraction of sp³-hybridized carbons (Fsp3) is 0.444. The molecule has 3 aromatic carbocycles. The largest absolute Gasteiger partial charge is 0.486 e. The summed E-state index contributed by atoms with van der Waals surface area (Å²) in [5.41, 5.74) is 5.22. The summed E-state index contributed by atoms with van der Waals surface area (Å²) in [5, 5.41) is 15.3. The van der Waals surface area contributed by atoms with E-state index < -0.39 is 0 Å². The Bertz CT molecular complexity index is 1550. The third-order valence-corrected chi connectivity index (χ3v) is 9.79. The van der Waals surface area contributed by atoms with E-state index >= 15 is 0 Å². The molecule has 3 aliphatic rings. The Kier molecular flexibility index (Phi) is 9.07. The van der Waals surface area contributed by atoms with Crippen LogP contribution in [0.4, 0.5) is 5.69 Å². The molecule has 10 nitrogen and oxygen atoms in total. The zero-order valence-electron chi connectivity index (χ0n) is 27.3. The summed E-state index contributed by atoms with van der Waals surface area (Å²) in [6.45, 7) is 7.63. The van der Waals surface area contributed by atoms with Gasteiger partial charge in [-0.2, -0.15) is 0 Å². The summed E-state index contributed by atoms with van der Waals surface area (Å²) in [6.07, 6.45) is 0.476. The number of rotatable bonds is 11. The number of carbonyl (C=O) groups excluding carboxylic acids is 2. The molecule has 1 saturated carbocycles. The first-order chi connectivity index (χ1) is 22.1. The minimum atomic E-state index is -0.371. The summed E-state index contributed by atoms with van der Waals surface area (Å²) in [6, 6.07) is 22.9. The highest BCUT2D eigenvalue weighted by Crippen LogP contribution is 2.58. The number of aliphatic hydroxyl groups excluding tert-OH is 1. The van der Waals surface area contributed by atoms with Crippen LogP contribution in [-0.2, 0) is 11.3 Å². The molecule has 4 unspecified atom stereocenters. The Labute approximate surface area is 271 Å². The Morgan fingerprint density at radius 1 is 1.11 bits per heavy atom. The van der Waals surface area contributed by atoms with Gasteiger partial charge < -0.3 is 24.8 Å². The molecule has 1 aliphatic carbocycles. The lowest BCUT2D eigenvalue weighted by molar-refractivity contribution is -0.121. The molecule has 10 heteroatoms. The van der Waals surface area contributed by atoms with Gasteiger partial charge in [0.25, 0.3) is 5.91 Å². The Hall–Kier alpha value is -3.96. The van der Waals surface area contributed by atoms with Crippen LogP contribution in [0.1, 0.15) is 43.1 Å². The normalized spacial score (nSPS) is 27.3. The van der Waals surface area contributed by atoms with E-state index in [1.165, 1.54) is 0 Å². The standard InChI is InChI=1S/C36H45N5O5/c1-23-19-40(24(2)22-42)35(44)28-12-9-13-30(38-34(43)29-18-36(3)33(29)41(36)37-4)32(28)46-31(23)21-39(5)20-25-14-16-27(17-15-25)45-26-10-7-6-8-11-26/h6-17,23-24,29,31,33,37,42H,18-22H2,1-5H3,(H,38,43)/t23-,24+,29?,31+,33?,36?,41?/m1/s1. The van der Waals surface area contributed by atoms with Gasteiger partial charge in [0, 0.05) is 25.6 Å². The molecule has 46 heavy (non-hydrogen) atoms. The number of amides is 2. The second-order valence-electron chi connectivity index (χ2n) is 13.3. The van der Waals surface area contributed by atoms with E-state index in [0.717, 1.165) is 23.5 Å². The van der Waals surface area contributed by atoms with Crippen molar-refractivity contribution >= 4 is 17.5 Å². The second kappa shape index (κ2) is 13.0. The third kappa shape index (κ3) is 6.22. The maximum atomic E-state index is 13.9. The van der Waals surface area contributed by atoms with Gasteiger partial charge in [-0.15, -0.1) is 0 Å². The van der Waals surface area contributed by atoms with Crippen molar-refractivity contribution < 1.29 is 24.2 Å². The number of hydrazine groups is 1. The third-order valence-electron chi connectivity index (χ3n) is 9.79. The van der Waals surface area contributed by atoms with Gasteiger partial charge in [0.15, 0.2) is 5.75 Å². The number of hydrogen-bond donors (Lipinski definition) is 3. The SMILES string of the molecule is CNN1C2C(C(=O)Nc3cccc4c3O[C@@H](CN(C)Cc3ccc(Oc5ccccc5)cc3)[C@H](C)CN([C@@H](C)CO)C4=O)CC21C. The highest BCUT2D eigenvalue weighted by molar-refractivity contribution is 6.02. The van der Waals surface area contributed by atoms with Crippen molar-refractivity contribution in [2.24, 2.45) is 11.8 Å². The minimum absolute atomic E-state index is 0.0238. The molecule has 7 atom stereocenters. The number of likely N-dealkylation sites (N-methyl/N-ethyl adjacent to an activating group) is 1. The summed E-state index contributed by atoms with van der Waals surface area (Å²) in [4.78, 5) is 31.2. The van der Waals surface area contributed by atoms with Crippen LogP contribution in [0.2, 0.25) is 0 Å². The molecule has 2 amide bonds. The number of para-hydroxylation sites is 2. The fourth-order valence-corrected chi connectivity index (χ4v) is 7.07. The van der Waals surface area contributed by atoms with Crippen molar-refractivity contribution in [3.8, 4) is 17.2 Å². The smallest absolute Gasteiger partial charge is 0.258 e. The second-order valence-corrected chi connectivity index (χ2v) is 13.3. The predicted molar refractivity (Wildman–Crippen MR) is 177 cm³/mol. The number of nitrogens with zero attached hydrogens (tertiary/aromatic N) is 3. The molecule has 1 saturated heterocycles. The molecule has 2 aliphatic heterocycles. The fourth-order valence-electron chi connectivity index (χ4n) is 7.07. The lowest BCUT2D eigenvalue weighted by Gasteiger charge is -2.38. The lowest BCUT2D eigenvalue weighted by atomic mass is 9.75. The van der Waals surface area contributed by atoms with Gasteiger partial charge in [0.2, 0.25) is 5.91 Å². The monoisotopic (exact) mass is 627 g/mol. The van der Waals surface area contributed by atoms with Crippen LogP contribution in [0.25, 0.3) is 0 Å². The molecular weight excluding hydrogens is 582 g/mol. The number of anilines is 1. The molecule has 0 bridgehead atoms. The van der Waals surface area contributed by atoms with Crippen LogP contribution in [0.5, 0.6) is 17.2 Å². The van der Waals surface area contributed by atoms with Crippen LogP contribution < -0.4 is 20.2 Å². The molecule has 3 aromatic rings. The first kappa shape index (κ1) is 32.0. The number of ether oxygens (including phenoxy) is 2. The highest BCUT2D eigenvalue weighted by Gasteiger charge is 2.73. The van der Waals surface area contributed by atoms with E-state index in [0.29, 0.717) is 36.6 Å². The van der Waals surface area contributed by atoms with Crippen molar-refractivity contribution in [1.82, 2.24) is 20.2 Å². The van der Waals surface area contributed by atoms with Gasteiger partial charge in [-0.05, 0) is 76.3 Å². The lowest BCUT2D eigenvalue weighted by Crippen LogP contribution is -2.50. The average molecular weight is 628 g/mol. The van der Waals surface area contributed by atoms with Crippen LogP contribution >= 0.6 is 0 Å². The number of carbonyl (C=O) groups is 2. The van der Waals surface area contributed by atoms with E-state index in [9.17, 15) is 14.7 Å². The topological polar surface area (TPSA) is 106 Å². The van der Waals surface area contributed by atoms with Crippen LogP contribution in [0.3, 0.4) is 0 Å². The Morgan fingerprint density at radius 2 is 1.83 bits per heavy atom. The molecule has 0 radical (unpaired) electrons. The molecule has 2 heterocycles. The Morgan fingerprint density at radius 3 is 2.50 bits per heavy atom. The van der Waals surface area contributed by atoms with Gasteiger partial charge in [-0.25, -0.2) is 5.01 Å². The molecule has 0 spiro atoms. The van der Waals surface area contributed by atoms with Crippen LogP contribution in [0.15, 0.2) is 72.8 Å². The number of benzene rings is 3. The maximum Gasteiger partial charge on any atom is 0.258 e. The molecule has 2 fully saturated rings. The summed E-state index contributed by atoms with van der Waals surface area (Å²) in [5.74, 6) is 1.45. The van der Waals surface area contributed by atoms with E-state index in [4.69, 9.17) is 9.47 Å². The molecule has 244 valence electrons. The summed E-state index contributed by atoms with van der Waals surface area (Å²) in [7, 11) is 3.93. The maximum absolute atomic E-state index is 13.9. The van der Waals surface area contributed by atoms with Crippen molar-refractivity contribution in [3.05, 3.63) is 83.9 Å². The van der Waals surface area contributed by atoms with E-state index in [1.54, 1.807) is 23.1 Å². The zero-order valence-corrected chi connectivity index (χ0v) is 27.3. The predicted octanol–water partition coefficient (Wildman–Crippen LogP) is 4.37. The molecule has 0 aromatic heterocycles. The highest BCUT2D eigenvalue weighted by atomic mass is 16.5. The van der Waals surface area contributed by atoms with Gasteiger partial charge >= 0.3 is 0 Å². The minimum Gasteiger partial charge on any atom is -0.486 e. The van der Waals surface area contributed by atoms with Crippen molar-refractivity contribution in [3.63, 3.8) is 0 Å². The van der Waals surface area contributed by atoms with Gasteiger partial charge in [0.05, 0.1) is 41.4 Å². The summed E-state index contributed by atoms with van der Waals surface area (Å²) < 4.78 is 12.7. The number of hydrogen-bond acceptors (Lipinski definition) is 8. The molecule has 6 rings (SSSR count). The zero-order chi connectivity index (χ0) is 32.6. The summed E-state index contributed by atoms with van der Waals surface area (Å²) >= 11 is 0. The van der Waals surface area contributed by atoms with Gasteiger partial charge in [0.1, 0.15) is 17.6 Å². The van der Waals surface area contributed by atoms with E-state index in [2.05, 4.69) is 46.6 Å². The van der Waals surface area contributed by atoms with Crippen molar-refractivity contribution in [1.29, 1.82) is 0 Å². The van der Waals surface area contributed by atoms with Gasteiger partial charge in [-0.1, -0.05) is 43.3 Å². The quantitative estimate of drug-likeness (QED) is 0.269. The van der Waals surface area contributed by atoms with Crippen LogP contribution in [0, 0.1) is 11.8 Å². The van der Waals surface area contributed by atoms with Crippen LogP contribution in [-0.4, -0.2) is 89.2 Å². The molecule has 3 N–H and O–H groups in total. The number of fused-ring (bicyclic) bond motifs is 2. The Balaban J connectivity index is 1.20. The average Bonchev–Trinajstić information content (AvgIpc) is 3.52.